The normalized spacial score (nSPS) is 24.1. The van der Waals surface area contributed by atoms with E-state index in [-0.39, 0.29) is 6.61 Å². The van der Waals surface area contributed by atoms with Crippen LogP contribution in [0.25, 0.3) is 0 Å². The molecule has 2 unspecified atom stereocenters. The molecule has 2 nitrogen and oxygen atoms in total. The maximum atomic E-state index is 9.30. The highest BCUT2D eigenvalue weighted by atomic mass is 16.3. The minimum atomic E-state index is 0.269. The van der Waals surface area contributed by atoms with Gasteiger partial charge in [0.2, 0.25) is 0 Å². The molecule has 1 aliphatic carbocycles. The summed E-state index contributed by atoms with van der Waals surface area (Å²) in [6, 6.07) is 0.294. The van der Waals surface area contributed by atoms with E-state index in [0.717, 1.165) is 13.0 Å². The first-order valence-corrected chi connectivity index (χ1v) is 5.73. The lowest BCUT2D eigenvalue weighted by molar-refractivity contribution is 0.187. The molecular weight excluding hydrogens is 174 g/mol. The summed E-state index contributed by atoms with van der Waals surface area (Å²) < 4.78 is 0. The molecular formula is C12H23NO. The lowest BCUT2D eigenvalue weighted by atomic mass is 9.88. The molecule has 0 fully saturated rings. The van der Waals surface area contributed by atoms with E-state index < -0.39 is 0 Å². The van der Waals surface area contributed by atoms with Gasteiger partial charge in [0, 0.05) is 6.04 Å². The largest absolute Gasteiger partial charge is 0.395 e. The monoisotopic (exact) mass is 197 g/mol. The third kappa shape index (κ3) is 3.81. The molecule has 0 bridgehead atoms. The third-order valence-corrected chi connectivity index (χ3v) is 2.86. The zero-order valence-electron chi connectivity index (χ0n) is 9.37. The predicted octanol–water partition coefficient (Wildman–Crippen LogP) is 1.95. The molecule has 2 N–H and O–H groups in total. The van der Waals surface area contributed by atoms with Crippen molar-refractivity contribution >= 4 is 0 Å². The first-order valence-electron chi connectivity index (χ1n) is 5.73. The van der Waals surface area contributed by atoms with E-state index in [4.69, 9.17) is 0 Å². The highest BCUT2D eigenvalue weighted by Crippen LogP contribution is 2.21. The Morgan fingerprint density at radius 2 is 2.21 bits per heavy atom. The van der Waals surface area contributed by atoms with Crippen molar-refractivity contribution in [3.63, 3.8) is 0 Å². The SMILES string of the molecule is CC(C)CNC(CO)C1CC=CCC1. The fourth-order valence-corrected chi connectivity index (χ4v) is 1.95. The van der Waals surface area contributed by atoms with E-state index in [1.807, 2.05) is 0 Å². The van der Waals surface area contributed by atoms with Gasteiger partial charge in [-0.05, 0) is 37.6 Å². The van der Waals surface area contributed by atoms with Crippen molar-refractivity contribution in [2.24, 2.45) is 11.8 Å². The molecule has 0 saturated heterocycles. The molecule has 2 heteroatoms. The fourth-order valence-electron chi connectivity index (χ4n) is 1.95. The molecule has 82 valence electrons. The number of aliphatic hydroxyl groups is 1. The molecule has 0 radical (unpaired) electrons. The smallest absolute Gasteiger partial charge is 0.0587 e. The van der Waals surface area contributed by atoms with Crippen molar-refractivity contribution in [2.75, 3.05) is 13.2 Å². The van der Waals surface area contributed by atoms with Crippen LogP contribution in [0.5, 0.6) is 0 Å². The Hall–Kier alpha value is -0.340. The molecule has 0 saturated carbocycles. The maximum Gasteiger partial charge on any atom is 0.0587 e. The summed E-state index contributed by atoms with van der Waals surface area (Å²) >= 11 is 0. The van der Waals surface area contributed by atoms with Crippen molar-refractivity contribution in [3.05, 3.63) is 12.2 Å². The molecule has 14 heavy (non-hydrogen) atoms. The van der Waals surface area contributed by atoms with Gasteiger partial charge in [-0.25, -0.2) is 0 Å². The molecule has 0 heterocycles. The van der Waals surface area contributed by atoms with Crippen LogP contribution in [0.2, 0.25) is 0 Å². The molecule has 0 aromatic rings. The Morgan fingerprint density at radius 3 is 2.71 bits per heavy atom. The minimum Gasteiger partial charge on any atom is -0.395 e. The summed E-state index contributed by atoms with van der Waals surface area (Å²) in [5, 5.41) is 12.8. The lowest BCUT2D eigenvalue weighted by Crippen LogP contribution is -2.41. The number of allylic oxidation sites excluding steroid dienone is 2. The van der Waals surface area contributed by atoms with Crippen LogP contribution in [-0.2, 0) is 0 Å². The van der Waals surface area contributed by atoms with E-state index in [1.165, 1.54) is 12.8 Å². The van der Waals surface area contributed by atoms with Crippen LogP contribution in [0.1, 0.15) is 33.1 Å². The van der Waals surface area contributed by atoms with Crippen LogP contribution in [0.4, 0.5) is 0 Å². The van der Waals surface area contributed by atoms with Crippen LogP contribution in [-0.4, -0.2) is 24.3 Å². The zero-order valence-corrected chi connectivity index (χ0v) is 9.37. The molecule has 0 spiro atoms. The van der Waals surface area contributed by atoms with Crippen molar-refractivity contribution < 1.29 is 5.11 Å². The van der Waals surface area contributed by atoms with Crippen LogP contribution in [0, 0.1) is 11.8 Å². The number of hydrogen-bond acceptors (Lipinski definition) is 2. The van der Waals surface area contributed by atoms with Crippen LogP contribution >= 0.6 is 0 Å². The average Bonchev–Trinajstić information content (AvgIpc) is 2.20. The van der Waals surface area contributed by atoms with Crippen molar-refractivity contribution in [1.29, 1.82) is 0 Å². The first kappa shape index (κ1) is 11.7. The van der Waals surface area contributed by atoms with Crippen LogP contribution in [0.15, 0.2) is 12.2 Å². The Labute approximate surface area is 87.4 Å². The highest BCUT2D eigenvalue weighted by molar-refractivity contribution is 4.93. The Morgan fingerprint density at radius 1 is 1.43 bits per heavy atom. The average molecular weight is 197 g/mol. The van der Waals surface area contributed by atoms with Crippen molar-refractivity contribution in [3.8, 4) is 0 Å². The van der Waals surface area contributed by atoms with Crippen LogP contribution < -0.4 is 5.32 Å². The summed E-state index contributed by atoms with van der Waals surface area (Å²) in [6.45, 7) is 5.67. The number of hydrogen-bond donors (Lipinski definition) is 2. The van der Waals surface area contributed by atoms with Gasteiger partial charge in [-0.3, -0.25) is 0 Å². The van der Waals surface area contributed by atoms with Crippen LogP contribution in [0.3, 0.4) is 0 Å². The third-order valence-electron chi connectivity index (χ3n) is 2.86. The van der Waals surface area contributed by atoms with Gasteiger partial charge in [0.1, 0.15) is 0 Å². The van der Waals surface area contributed by atoms with Gasteiger partial charge < -0.3 is 10.4 Å². The van der Waals surface area contributed by atoms with Gasteiger partial charge in [-0.1, -0.05) is 26.0 Å². The number of rotatable bonds is 5. The molecule has 0 amide bonds. The number of aliphatic hydroxyl groups excluding tert-OH is 1. The summed E-state index contributed by atoms with van der Waals surface area (Å²) in [5.74, 6) is 1.28. The van der Waals surface area contributed by atoms with Crippen molar-refractivity contribution in [2.45, 2.75) is 39.2 Å². The first-order chi connectivity index (χ1) is 6.74. The summed E-state index contributed by atoms with van der Waals surface area (Å²) in [6.07, 6.45) is 7.99. The molecule has 1 aliphatic rings. The number of nitrogens with one attached hydrogen (secondary N) is 1. The molecule has 2 atom stereocenters. The van der Waals surface area contributed by atoms with Crippen molar-refractivity contribution in [1.82, 2.24) is 5.32 Å². The minimum absolute atomic E-state index is 0.269. The Balaban J connectivity index is 2.32. The van der Waals surface area contributed by atoms with E-state index in [1.54, 1.807) is 0 Å². The lowest BCUT2D eigenvalue weighted by Gasteiger charge is -2.28. The van der Waals surface area contributed by atoms with Gasteiger partial charge in [-0.2, -0.15) is 0 Å². The Kier molecular flexibility index (Phi) is 5.20. The summed E-state index contributed by atoms with van der Waals surface area (Å²) in [4.78, 5) is 0. The Bertz CT molecular complexity index is 177. The van der Waals surface area contributed by atoms with Gasteiger partial charge in [0.05, 0.1) is 6.61 Å². The van der Waals surface area contributed by atoms with E-state index in [0.29, 0.717) is 17.9 Å². The topological polar surface area (TPSA) is 32.3 Å². The maximum absolute atomic E-state index is 9.30. The van der Waals surface area contributed by atoms with E-state index in [2.05, 4.69) is 31.3 Å². The molecule has 1 rings (SSSR count). The standard InChI is InChI=1S/C12H23NO/c1-10(2)8-13-12(9-14)11-6-4-3-5-7-11/h3-4,10-14H,5-9H2,1-2H3. The zero-order chi connectivity index (χ0) is 10.4. The van der Waals surface area contributed by atoms with Gasteiger partial charge in [0.25, 0.3) is 0 Å². The fraction of sp³-hybridized carbons (Fsp3) is 0.833. The molecule has 0 aliphatic heterocycles. The molecule has 0 aromatic carbocycles. The molecule has 0 aromatic heterocycles. The highest BCUT2D eigenvalue weighted by Gasteiger charge is 2.20. The van der Waals surface area contributed by atoms with E-state index in [9.17, 15) is 5.11 Å². The van der Waals surface area contributed by atoms with Gasteiger partial charge >= 0.3 is 0 Å². The second-order valence-corrected chi connectivity index (χ2v) is 4.64. The summed E-state index contributed by atoms with van der Waals surface area (Å²) in [5.41, 5.74) is 0. The van der Waals surface area contributed by atoms with Gasteiger partial charge in [0.15, 0.2) is 0 Å². The van der Waals surface area contributed by atoms with Gasteiger partial charge in [-0.15, -0.1) is 0 Å². The summed E-state index contributed by atoms with van der Waals surface area (Å²) in [7, 11) is 0. The predicted molar refractivity (Wildman–Crippen MR) is 60.2 cm³/mol. The van der Waals surface area contributed by atoms with E-state index >= 15 is 0 Å². The second-order valence-electron chi connectivity index (χ2n) is 4.64. The quantitative estimate of drug-likeness (QED) is 0.660. The second kappa shape index (κ2) is 6.20.